The monoisotopic (exact) mass is 346 g/mol. The minimum Gasteiger partial charge on any atom is -0.450 e. The molecule has 0 atom stereocenters. The summed E-state index contributed by atoms with van der Waals surface area (Å²) in [5.41, 5.74) is 1.41. The van der Waals surface area contributed by atoms with E-state index >= 15 is 0 Å². The topological polar surface area (TPSA) is 74.2 Å². The van der Waals surface area contributed by atoms with E-state index in [4.69, 9.17) is 13.7 Å². The van der Waals surface area contributed by atoms with Crippen molar-refractivity contribution in [1.82, 2.24) is 0 Å². The van der Waals surface area contributed by atoms with Gasteiger partial charge < -0.3 is 22.2 Å². The first kappa shape index (κ1) is 16.5. The first-order valence-corrected chi connectivity index (χ1v) is 8.34. The van der Waals surface area contributed by atoms with Crippen LogP contribution in [0.3, 0.4) is 0 Å². The number of ether oxygens (including phenoxy) is 2. The lowest BCUT2D eigenvalue weighted by Crippen LogP contribution is -2.38. The summed E-state index contributed by atoms with van der Waals surface area (Å²) < 4.78 is 32.1. The normalized spacial score (nSPS) is 16.8. The molecule has 0 radical (unpaired) electrons. The van der Waals surface area contributed by atoms with Crippen LogP contribution in [0.4, 0.5) is 5.69 Å². The fourth-order valence-electron chi connectivity index (χ4n) is 2.21. The summed E-state index contributed by atoms with van der Waals surface area (Å²) in [6, 6.07) is 14.2. The average molecular weight is 346 g/mol. The van der Waals surface area contributed by atoms with E-state index < -0.39 is 22.6 Å². The molecule has 2 aromatic rings. The van der Waals surface area contributed by atoms with Crippen LogP contribution in [-0.4, -0.2) is 11.8 Å². The van der Waals surface area contributed by atoms with E-state index in [1.165, 1.54) is 0 Å². The summed E-state index contributed by atoms with van der Waals surface area (Å²) in [4.78, 5) is 12.0. The molecule has 0 unspecified atom stereocenters. The zero-order valence-corrected chi connectivity index (χ0v) is 14.0. The number of carbonyl (C=O) groups is 1. The molecule has 0 bridgehead atoms. The third-order valence-electron chi connectivity index (χ3n) is 3.24. The Morgan fingerprint density at radius 3 is 2.58 bits per heavy atom. The fraction of sp³-hybridized carbons (Fsp3) is 0.235. The Labute approximate surface area is 141 Å². The number of esters is 1. The van der Waals surface area contributed by atoms with Gasteiger partial charge in [-0.1, -0.05) is 47.3 Å². The van der Waals surface area contributed by atoms with Crippen molar-refractivity contribution in [2.45, 2.75) is 26.2 Å². The van der Waals surface area contributed by atoms with Gasteiger partial charge in [0.25, 0.3) is 0 Å². The Kier molecular flexibility index (Phi) is 4.55. The number of cyclic esters (lactones) is 1. The highest BCUT2D eigenvalue weighted by atomic mass is 32.2. The maximum absolute atomic E-state index is 12.1. The highest BCUT2D eigenvalue weighted by Gasteiger charge is 2.34. The quantitative estimate of drug-likeness (QED) is 0.620. The number of benzene rings is 2. The van der Waals surface area contributed by atoms with Gasteiger partial charge in [-0.2, -0.15) is 0 Å². The summed E-state index contributed by atoms with van der Waals surface area (Å²) in [5, 5.41) is 0. The van der Waals surface area contributed by atoms with Crippen LogP contribution in [0.2, 0.25) is 0 Å². The third kappa shape index (κ3) is 3.74. The molecule has 0 aliphatic carbocycles. The molecule has 7 heteroatoms. The van der Waals surface area contributed by atoms with Crippen LogP contribution >= 0.6 is 0 Å². The number of fused-ring (bicyclic) bond motifs is 1. The van der Waals surface area contributed by atoms with E-state index in [2.05, 4.69) is 4.36 Å². The van der Waals surface area contributed by atoms with Gasteiger partial charge in [-0.05, 0) is 17.7 Å². The second kappa shape index (κ2) is 6.62. The van der Waals surface area contributed by atoms with Gasteiger partial charge in [0.2, 0.25) is 5.79 Å². The number of hydrogen-bond acceptors (Lipinski definition) is 7. The Morgan fingerprint density at radius 2 is 1.83 bits per heavy atom. The molecule has 0 amide bonds. The average Bonchev–Trinajstić information content (AvgIpc) is 2.54. The number of rotatable bonds is 4. The van der Waals surface area contributed by atoms with E-state index in [9.17, 15) is 9.00 Å². The van der Waals surface area contributed by atoms with Crippen molar-refractivity contribution < 1.29 is 22.7 Å². The largest absolute Gasteiger partial charge is 0.450 e. The van der Waals surface area contributed by atoms with Crippen LogP contribution in [0.5, 0.6) is 5.75 Å². The first-order valence-electron chi connectivity index (χ1n) is 7.31. The summed E-state index contributed by atoms with van der Waals surface area (Å²) in [6.07, 6.45) is 0. The molecule has 0 spiro atoms. The molecule has 0 aromatic heterocycles. The molecule has 0 saturated heterocycles. The van der Waals surface area contributed by atoms with Crippen molar-refractivity contribution in [1.29, 1.82) is 0 Å². The minimum absolute atomic E-state index is 0.167. The fourth-order valence-corrected chi connectivity index (χ4v) is 2.80. The van der Waals surface area contributed by atoms with Crippen molar-refractivity contribution in [3.05, 3.63) is 59.7 Å². The molecule has 6 nitrogen and oxygen atoms in total. The maximum Gasteiger partial charge on any atom is 0.345 e. The molecule has 126 valence electrons. The van der Waals surface area contributed by atoms with E-state index in [0.717, 1.165) is 5.56 Å². The van der Waals surface area contributed by atoms with Gasteiger partial charge in [-0.25, -0.2) is 4.79 Å². The third-order valence-corrected chi connectivity index (χ3v) is 3.91. The molecular formula is C17H16NO5S-. The first-order chi connectivity index (χ1) is 11.4. The minimum atomic E-state index is -1.91. The van der Waals surface area contributed by atoms with Gasteiger partial charge in [-0.3, -0.25) is 0 Å². The number of para-hydroxylation sites is 1. The Morgan fingerprint density at radius 1 is 1.08 bits per heavy atom. The molecule has 0 N–H and O–H groups in total. The van der Waals surface area contributed by atoms with Gasteiger partial charge in [0.1, 0.15) is 5.56 Å². The molecule has 0 saturated carbocycles. The molecule has 0 fully saturated rings. The van der Waals surface area contributed by atoms with Crippen molar-refractivity contribution in [3.63, 3.8) is 0 Å². The van der Waals surface area contributed by atoms with Gasteiger partial charge in [0.15, 0.2) is 5.75 Å². The zero-order chi connectivity index (χ0) is 17.2. The molecular weight excluding hydrogens is 330 g/mol. The van der Waals surface area contributed by atoms with Crippen molar-refractivity contribution in [2.75, 3.05) is 0 Å². The lowest BCUT2D eigenvalue weighted by molar-refractivity contribution is -0.127. The second-order valence-corrected chi connectivity index (χ2v) is 6.45. The second-order valence-electron chi connectivity index (χ2n) is 5.60. The van der Waals surface area contributed by atoms with Crippen LogP contribution in [0, 0.1) is 0 Å². The number of carbonyl (C=O) groups excluding carboxylic acids is 1. The molecule has 1 aliphatic heterocycles. The molecule has 1 heterocycles. The predicted octanol–water partition coefficient (Wildman–Crippen LogP) is 3.88. The van der Waals surface area contributed by atoms with Crippen LogP contribution in [0.25, 0.3) is 0 Å². The molecule has 2 aromatic carbocycles. The Hall–Kier alpha value is -2.38. The Balaban J connectivity index is 1.84. The standard InChI is InChI=1S/C17H16NO5S/c1-17(2)22-15-13(16(19)23-17)9-6-10-14(15)18-24(20)21-11-12-7-4-3-5-8-12/h3-10H,11H2,1-2H3/q-1. The van der Waals surface area contributed by atoms with E-state index in [0.29, 0.717) is 0 Å². The molecule has 1 aliphatic rings. The molecule has 3 rings (SSSR count). The van der Waals surface area contributed by atoms with Crippen molar-refractivity contribution in [3.8, 4) is 5.75 Å². The van der Waals surface area contributed by atoms with Gasteiger partial charge in [-0.15, -0.1) is 0 Å². The summed E-state index contributed by atoms with van der Waals surface area (Å²) >= 11 is 0. The van der Waals surface area contributed by atoms with Crippen LogP contribution < -0.4 is 4.74 Å². The smallest absolute Gasteiger partial charge is 0.345 e. The highest BCUT2D eigenvalue weighted by molar-refractivity contribution is 7.69. The maximum atomic E-state index is 12.1. The van der Waals surface area contributed by atoms with Crippen LogP contribution in [0.1, 0.15) is 29.8 Å². The highest BCUT2D eigenvalue weighted by Crippen LogP contribution is 2.39. The van der Waals surface area contributed by atoms with Crippen LogP contribution in [0.15, 0.2) is 52.9 Å². The predicted molar refractivity (Wildman–Crippen MR) is 87.9 cm³/mol. The van der Waals surface area contributed by atoms with E-state index in [1.54, 1.807) is 32.0 Å². The lowest BCUT2D eigenvalue weighted by atomic mass is 10.1. The van der Waals surface area contributed by atoms with Gasteiger partial charge in [0.05, 0.1) is 12.3 Å². The summed E-state index contributed by atoms with van der Waals surface area (Å²) in [6.45, 7) is 3.40. The molecule has 24 heavy (non-hydrogen) atoms. The zero-order valence-electron chi connectivity index (χ0n) is 13.2. The summed E-state index contributed by atoms with van der Waals surface area (Å²) in [7, 11) is -1.91. The number of nitrogens with zero attached hydrogens (tertiary/aromatic N) is 1. The Bertz CT molecular complexity index is 841. The SMILES string of the molecule is CC1(C)OC(=O)c2cccc(N=[S-](=O)OCc3ccccc3)c2O1. The van der Waals surface area contributed by atoms with Gasteiger partial charge in [0, 0.05) is 13.8 Å². The van der Waals surface area contributed by atoms with E-state index in [1.807, 2.05) is 30.3 Å². The van der Waals surface area contributed by atoms with Crippen molar-refractivity contribution in [2.24, 2.45) is 4.36 Å². The number of hydrogen-bond donors (Lipinski definition) is 0. The van der Waals surface area contributed by atoms with E-state index in [-0.39, 0.29) is 23.6 Å². The van der Waals surface area contributed by atoms with Gasteiger partial charge >= 0.3 is 5.97 Å². The van der Waals surface area contributed by atoms with Crippen LogP contribution in [-0.2, 0) is 30.6 Å². The lowest BCUT2D eigenvalue weighted by Gasteiger charge is -2.32. The van der Waals surface area contributed by atoms with Crippen molar-refractivity contribution >= 4 is 22.5 Å². The summed E-state index contributed by atoms with van der Waals surface area (Å²) in [5.74, 6) is -1.37.